The molecule has 2 atom stereocenters. The van der Waals surface area contributed by atoms with Gasteiger partial charge in [0, 0.05) is 17.3 Å². The molecular formula is C14H22N4O. The van der Waals surface area contributed by atoms with Crippen LogP contribution in [0.25, 0.3) is 0 Å². The van der Waals surface area contributed by atoms with Gasteiger partial charge in [0.2, 0.25) is 0 Å². The highest BCUT2D eigenvalue weighted by Gasteiger charge is 2.21. The van der Waals surface area contributed by atoms with E-state index in [1.807, 2.05) is 6.92 Å². The van der Waals surface area contributed by atoms with Crippen molar-refractivity contribution in [3.05, 3.63) is 23.4 Å². The highest BCUT2D eigenvalue weighted by atomic mass is 16.1. The Hall–Kier alpha value is -1.62. The van der Waals surface area contributed by atoms with Crippen molar-refractivity contribution in [2.45, 2.75) is 45.6 Å². The zero-order valence-electron chi connectivity index (χ0n) is 11.6. The molecule has 1 amide bonds. The third-order valence-electron chi connectivity index (χ3n) is 3.64. The number of amides is 1. The van der Waals surface area contributed by atoms with Crippen molar-refractivity contribution in [1.82, 2.24) is 10.3 Å². The van der Waals surface area contributed by atoms with Gasteiger partial charge in [-0.25, -0.2) is 10.8 Å². The molecule has 5 heteroatoms. The van der Waals surface area contributed by atoms with Crippen molar-refractivity contribution in [2.24, 2.45) is 11.8 Å². The number of nitrogens with zero attached hydrogens (tertiary/aromatic N) is 1. The zero-order valence-corrected chi connectivity index (χ0v) is 11.6. The number of hydrogen-bond donors (Lipinski definition) is 3. The molecule has 0 spiro atoms. The first-order valence-electron chi connectivity index (χ1n) is 6.84. The minimum absolute atomic E-state index is 0.0406. The number of aromatic nitrogens is 1. The molecule has 0 aromatic carbocycles. The van der Waals surface area contributed by atoms with E-state index in [0.717, 1.165) is 18.5 Å². The lowest BCUT2D eigenvalue weighted by Crippen LogP contribution is -2.38. The largest absolute Gasteiger partial charge is 0.349 e. The molecule has 4 N–H and O–H groups in total. The number of rotatable bonds is 3. The van der Waals surface area contributed by atoms with E-state index in [1.165, 1.54) is 12.8 Å². The van der Waals surface area contributed by atoms with Crippen molar-refractivity contribution in [1.29, 1.82) is 0 Å². The smallest absolute Gasteiger partial charge is 0.251 e. The van der Waals surface area contributed by atoms with Crippen LogP contribution in [0.3, 0.4) is 0 Å². The fourth-order valence-electron chi connectivity index (χ4n) is 2.71. The van der Waals surface area contributed by atoms with E-state index in [9.17, 15) is 4.79 Å². The highest BCUT2D eigenvalue weighted by molar-refractivity contribution is 5.95. The standard InChI is InChI=1S/C14H22N4O/c1-9-4-3-5-12(6-9)17-14(19)11-7-10(2)16-13(8-11)18-15/h7-9,12H,3-6,15H2,1-2H3,(H,16,18)(H,17,19). The van der Waals surface area contributed by atoms with Gasteiger partial charge in [0.05, 0.1) is 0 Å². The number of aryl methyl sites for hydroxylation is 1. The number of hydrogen-bond acceptors (Lipinski definition) is 4. The van der Waals surface area contributed by atoms with Crippen LogP contribution in [0.15, 0.2) is 12.1 Å². The Bertz CT molecular complexity index is 461. The Kier molecular flexibility index (Phi) is 4.37. The molecule has 1 heterocycles. The predicted octanol–water partition coefficient (Wildman–Crippen LogP) is 1.98. The number of carbonyl (C=O) groups is 1. The lowest BCUT2D eigenvalue weighted by Gasteiger charge is -2.27. The van der Waals surface area contributed by atoms with E-state index in [1.54, 1.807) is 12.1 Å². The monoisotopic (exact) mass is 262 g/mol. The van der Waals surface area contributed by atoms with Gasteiger partial charge in [-0.05, 0) is 37.8 Å². The Balaban J connectivity index is 2.05. The van der Waals surface area contributed by atoms with Gasteiger partial charge in [-0.3, -0.25) is 4.79 Å². The summed E-state index contributed by atoms with van der Waals surface area (Å²) in [7, 11) is 0. The quantitative estimate of drug-likeness (QED) is 0.575. The summed E-state index contributed by atoms with van der Waals surface area (Å²) in [6.45, 7) is 4.09. The Morgan fingerprint density at radius 1 is 1.42 bits per heavy atom. The number of anilines is 1. The van der Waals surface area contributed by atoms with Crippen molar-refractivity contribution in [2.75, 3.05) is 5.43 Å². The second kappa shape index (κ2) is 6.02. The fraction of sp³-hybridized carbons (Fsp3) is 0.571. The molecule has 104 valence electrons. The van der Waals surface area contributed by atoms with Crippen LogP contribution in [0, 0.1) is 12.8 Å². The molecule has 0 radical (unpaired) electrons. The number of nitrogens with two attached hydrogens (primary N) is 1. The van der Waals surface area contributed by atoms with Gasteiger partial charge in [-0.1, -0.05) is 19.8 Å². The number of nitrogen functional groups attached to an aromatic ring is 1. The summed E-state index contributed by atoms with van der Waals surface area (Å²) >= 11 is 0. The van der Waals surface area contributed by atoms with Crippen LogP contribution in [0.2, 0.25) is 0 Å². The molecule has 1 aromatic heterocycles. The zero-order chi connectivity index (χ0) is 13.8. The molecule has 2 rings (SSSR count). The van der Waals surface area contributed by atoms with E-state index in [0.29, 0.717) is 23.3 Å². The number of nitrogens with one attached hydrogen (secondary N) is 2. The molecule has 0 bridgehead atoms. The molecule has 0 aliphatic heterocycles. The molecule has 1 aliphatic carbocycles. The van der Waals surface area contributed by atoms with E-state index >= 15 is 0 Å². The summed E-state index contributed by atoms with van der Waals surface area (Å²) in [5.74, 6) is 6.52. The molecule has 19 heavy (non-hydrogen) atoms. The predicted molar refractivity (Wildman–Crippen MR) is 75.7 cm³/mol. The number of pyridine rings is 1. The normalized spacial score (nSPS) is 22.9. The van der Waals surface area contributed by atoms with E-state index in [-0.39, 0.29) is 5.91 Å². The topological polar surface area (TPSA) is 80.0 Å². The number of hydrazine groups is 1. The third-order valence-corrected chi connectivity index (χ3v) is 3.64. The maximum atomic E-state index is 12.2. The van der Waals surface area contributed by atoms with Gasteiger partial charge in [0.1, 0.15) is 5.82 Å². The minimum Gasteiger partial charge on any atom is -0.349 e. The van der Waals surface area contributed by atoms with Gasteiger partial charge in [-0.2, -0.15) is 0 Å². The van der Waals surface area contributed by atoms with E-state index in [2.05, 4.69) is 22.7 Å². The van der Waals surface area contributed by atoms with Gasteiger partial charge in [0.25, 0.3) is 5.91 Å². The average molecular weight is 262 g/mol. The van der Waals surface area contributed by atoms with Crippen LogP contribution in [0.1, 0.15) is 48.7 Å². The molecule has 1 saturated carbocycles. The third kappa shape index (κ3) is 3.67. The van der Waals surface area contributed by atoms with Crippen molar-refractivity contribution in [3.8, 4) is 0 Å². The van der Waals surface area contributed by atoms with Crippen LogP contribution >= 0.6 is 0 Å². The van der Waals surface area contributed by atoms with Gasteiger partial charge >= 0.3 is 0 Å². The molecule has 1 aromatic rings. The van der Waals surface area contributed by atoms with Crippen LogP contribution in [0.4, 0.5) is 5.82 Å². The van der Waals surface area contributed by atoms with Crippen LogP contribution < -0.4 is 16.6 Å². The van der Waals surface area contributed by atoms with Crippen LogP contribution in [-0.2, 0) is 0 Å². The van der Waals surface area contributed by atoms with Gasteiger partial charge in [-0.15, -0.1) is 0 Å². The maximum absolute atomic E-state index is 12.2. The first kappa shape index (κ1) is 13.8. The summed E-state index contributed by atoms with van der Waals surface area (Å²) in [6, 6.07) is 3.75. The Morgan fingerprint density at radius 2 is 2.21 bits per heavy atom. The van der Waals surface area contributed by atoms with Crippen LogP contribution in [-0.4, -0.2) is 16.9 Å². The number of carbonyl (C=O) groups excluding carboxylic acids is 1. The Labute approximate surface area is 114 Å². The fourth-order valence-corrected chi connectivity index (χ4v) is 2.71. The van der Waals surface area contributed by atoms with Crippen molar-refractivity contribution >= 4 is 11.7 Å². The van der Waals surface area contributed by atoms with Gasteiger partial charge in [0.15, 0.2) is 0 Å². The molecule has 0 saturated heterocycles. The average Bonchev–Trinajstić information content (AvgIpc) is 2.38. The lowest BCUT2D eigenvalue weighted by molar-refractivity contribution is 0.0921. The molecule has 5 nitrogen and oxygen atoms in total. The lowest BCUT2D eigenvalue weighted by atomic mass is 9.87. The molecule has 2 unspecified atom stereocenters. The van der Waals surface area contributed by atoms with Crippen molar-refractivity contribution < 1.29 is 4.79 Å². The molecule has 1 aliphatic rings. The van der Waals surface area contributed by atoms with Gasteiger partial charge < -0.3 is 10.7 Å². The first-order chi connectivity index (χ1) is 9.08. The second-order valence-corrected chi connectivity index (χ2v) is 5.47. The highest BCUT2D eigenvalue weighted by Crippen LogP contribution is 2.23. The summed E-state index contributed by atoms with van der Waals surface area (Å²) in [5, 5.41) is 3.11. The SMILES string of the molecule is Cc1cc(C(=O)NC2CCCC(C)C2)cc(NN)n1. The summed E-state index contributed by atoms with van der Waals surface area (Å²) in [6.07, 6.45) is 4.60. The van der Waals surface area contributed by atoms with E-state index in [4.69, 9.17) is 5.84 Å². The first-order valence-corrected chi connectivity index (χ1v) is 6.84. The Morgan fingerprint density at radius 3 is 2.89 bits per heavy atom. The second-order valence-electron chi connectivity index (χ2n) is 5.47. The molecular weight excluding hydrogens is 240 g/mol. The molecule has 1 fully saturated rings. The van der Waals surface area contributed by atoms with Crippen molar-refractivity contribution in [3.63, 3.8) is 0 Å². The summed E-state index contributed by atoms with van der Waals surface area (Å²) in [5.41, 5.74) is 3.87. The van der Waals surface area contributed by atoms with Crippen LogP contribution in [0.5, 0.6) is 0 Å². The van der Waals surface area contributed by atoms with E-state index < -0.39 is 0 Å². The summed E-state index contributed by atoms with van der Waals surface area (Å²) < 4.78 is 0. The minimum atomic E-state index is -0.0406. The summed E-state index contributed by atoms with van der Waals surface area (Å²) in [4.78, 5) is 16.4. The maximum Gasteiger partial charge on any atom is 0.251 e.